The van der Waals surface area contributed by atoms with Crippen molar-refractivity contribution in [1.29, 1.82) is 0 Å². The number of fused-ring (bicyclic) bond motifs is 1. The Balaban J connectivity index is 1.87. The lowest BCUT2D eigenvalue weighted by atomic mass is 9.58. The molecule has 19 heavy (non-hydrogen) atoms. The van der Waals surface area contributed by atoms with Crippen molar-refractivity contribution < 1.29 is 9.47 Å². The van der Waals surface area contributed by atoms with Crippen LogP contribution in [0.5, 0.6) is 0 Å². The lowest BCUT2D eigenvalue weighted by Gasteiger charge is -2.49. The molecule has 1 spiro atoms. The van der Waals surface area contributed by atoms with Crippen LogP contribution in [0.15, 0.2) is 37.0 Å². The van der Waals surface area contributed by atoms with Gasteiger partial charge in [-0.15, -0.1) is 6.58 Å². The third kappa shape index (κ3) is 2.11. The van der Waals surface area contributed by atoms with Gasteiger partial charge in [-0.25, -0.2) is 0 Å². The summed E-state index contributed by atoms with van der Waals surface area (Å²) in [6.07, 6.45) is 11.1. The van der Waals surface area contributed by atoms with Crippen LogP contribution < -0.4 is 0 Å². The predicted octanol–water partition coefficient (Wildman–Crippen LogP) is 3.85. The van der Waals surface area contributed by atoms with Gasteiger partial charge in [-0.1, -0.05) is 24.3 Å². The number of ether oxygens (including phenoxy) is 2. The van der Waals surface area contributed by atoms with E-state index in [-0.39, 0.29) is 5.41 Å². The molecule has 104 valence electrons. The standard InChI is InChI=1S/C17H24O2/c1-4-16-6-5-14(13(2)3)11-15(16)12-17(8-7-16)18-9-10-19-17/h4,7-8,14-15H,1-2,5-6,9-12H2,3H3/t14-,15-,16+/m0/s1. The minimum atomic E-state index is -0.450. The molecule has 0 N–H and O–H groups in total. The Labute approximate surface area is 116 Å². The second-order valence-corrected chi connectivity index (χ2v) is 6.38. The summed E-state index contributed by atoms with van der Waals surface area (Å²) >= 11 is 0. The normalized spacial score (nSPS) is 40.1. The van der Waals surface area contributed by atoms with Gasteiger partial charge in [0.25, 0.3) is 0 Å². The van der Waals surface area contributed by atoms with E-state index in [0.29, 0.717) is 25.0 Å². The average Bonchev–Trinajstić information content (AvgIpc) is 2.86. The Morgan fingerprint density at radius 3 is 2.68 bits per heavy atom. The molecule has 0 radical (unpaired) electrons. The molecule has 2 fully saturated rings. The van der Waals surface area contributed by atoms with Crippen molar-refractivity contribution in [2.75, 3.05) is 13.2 Å². The van der Waals surface area contributed by atoms with Gasteiger partial charge in [0.15, 0.2) is 5.79 Å². The van der Waals surface area contributed by atoms with Gasteiger partial charge >= 0.3 is 0 Å². The zero-order valence-electron chi connectivity index (χ0n) is 11.9. The number of allylic oxidation sites excluding steroid dienone is 3. The van der Waals surface area contributed by atoms with E-state index in [1.165, 1.54) is 24.8 Å². The monoisotopic (exact) mass is 260 g/mol. The summed E-state index contributed by atoms with van der Waals surface area (Å²) in [4.78, 5) is 0. The molecule has 0 aromatic carbocycles. The van der Waals surface area contributed by atoms with E-state index >= 15 is 0 Å². The molecule has 0 amide bonds. The zero-order valence-corrected chi connectivity index (χ0v) is 11.9. The first kappa shape index (κ1) is 13.1. The minimum Gasteiger partial charge on any atom is -0.344 e. The summed E-state index contributed by atoms with van der Waals surface area (Å²) in [6, 6.07) is 0. The summed E-state index contributed by atoms with van der Waals surface area (Å²) in [7, 11) is 0. The van der Waals surface area contributed by atoms with Crippen LogP contribution in [0.4, 0.5) is 0 Å². The molecule has 1 saturated carbocycles. The fourth-order valence-electron chi connectivity index (χ4n) is 3.96. The molecule has 0 bridgehead atoms. The van der Waals surface area contributed by atoms with Crippen molar-refractivity contribution in [1.82, 2.24) is 0 Å². The van der Waals surface area contributed by atoms with Gasteiger partial charge in [-0.05, 0) is 44.1 Å². The summed E-state index contributed by atoms with van der Waals surface area (Å²) in [5.41, 5.74) is 1.46. The van der Waals surface area contributed by atoms with Gasteiger partial charge in [-0.3, -0.25) is 0 Å². The molecule has 3 rings (SSSR count). The highest BCUT2D eigenvalue weighted by Gasteiger charge is 2.49. The van der Waals surface area contributed by atoms with Crippen LogP contribution in [-0.2, 0) is 9.47 Å². The molecule has 0 aromatic heterocycles. The van der Waals surface area contributed by atoms with Crippen molar-refractivity contribution in [3.8, 4) is 0 Å². The Morgan fingerprint density at radius 1 is 1.32 bits per heavy atom. The number of rotatable bonds is 2. The van der Waals surface area contributed by atoms with Crippen molar-refractivity contribution in [2.45, 2.75) is 38.4 Å². The molecule has 1 aliphatic heterocycles. The molecule has 1 heterocycles. The van der Waals surface area contributed by atoms with Crippen LogP contribution in [0, 0.1) is 17.3 Å². The number of hydrogen-bond donors (Lipinski definition) is 0. The number of hydrogen-bond acceptors (Lipinski definition) is 2. The molecule has 0 aromatic rings. The lowest BCUT2D eigenvalue weighted by Crippen LogP contribution is -2.44. The van der Waals surface area contributed by atoms with Crippen molar-refractivity contribution >= 4 is 0 Å². The highest BCUT2D eigenvalue weighted by Crippen LogP contribution is 2.54. The van der Waals surface area contributed by atoms with Crippen LogP contribution >= 0.6 is 0 Å². The van der Waals surface area contributed by atoms with E-state index in [4.69, 9.17) is 9.47 Å². The maximum absolute atomic E-state index is 5.85. The summed E-state index contributed by atoms with van der Waals surface area (Å²) in [5, 5.41) is 0. The molecule has 1 saturated heterocycles. The zero-order chi connectivity index (χ0) is 13.5. The Bertz CT molecular complexity index is 417. The van der Waals surface area contributed by atoms with Gasteiger partial charge in [0.2, 0.25) is 0 Å². The lowest BCUT2D eigenvalue weighted by molar-refractivity contribution is -0.146. The van der Waals surface area contributed by atoms with E-state index < -0.39 is 5.79 Å². The van der Waals surface area contributed by atoms with Gasteiger partial charge in [0.1, 0.15) is 0 Å². The quantitative estimate of drug-likeness (QED) is 0.702. The molecule has 3 atom stereocenters. The van der Waals surface area contributed by atoms with Crippen LogP contribution in [-0.4, -0.2) is 19.0 Å². The molecule has 3 aliphatic rings. The Hall–Kier alpha value is -0.860. The first-order valence-electron chi connectivity index (χ1n) is 7.36. The Kier molecular flexibility index (Phi) is 3.18. The van der Waals surface area contributed by atoms with Crippen molar-refractivity contribution in [3.05, 3.63) is 37.0 Å². The minimum absolute atomic E-state index is 0.145. The van der Waals surface area contributed by atoms with Crippen LogP contribution in [0.3, 0.4) is 0 Å². The molecule has 2 aliphatic carbocycles. The third-order valence-corrected chi connectivity index (χ3v) is 5.29. The fourth-order valence-corrected chi connectivity index (χ4v) is 3.96. The SMILES string of the molecule is C=C[C@@]12C=CC3(C[C@@H]1C[C@@H](C(=C)C)CC2)OCCO3. The fraction of sp³-hybridized carbons (Fsp3) is 0.647. The van der Waals surface area contributed by atoms with E-state index in [1.54, 1.807) is 0 Å². The topological polar surface area (TPSA) is 18.5 Å². The molecule has 0 unspecified atom stereocenters. The van der Waals surface area contributed by atoms with Crippen LogP contribution in [0.1, 0.15) is 32.6 Å². The van der Waals surface area contributed by atoms with Crippen molar-refractivity contribution in [3.63, 3.8) is 0 Å². The second-order valence-electron chi connectivity index (χ2n) is 6.38. The first-order chi connectivity index (χ1) is 9.09. The average molecular weight is 260 g/mol. The van der Waals surface area contributed by atoms with Gasteiger partial charge in [0, 0.05) is 11.8 Å². The largest absolute Gasteiger partial charge is 0.344 e. The molecule has 2 heteroatoms. The van der Waals surface area contributed by atoms with E-state index in [2.05, 4.69) is 38.3 Å². The smallest absolute Gasteiger partial charge is 0.188 e. The maximum Gasteiger partial charge on any atom is 0.188 e. The third-order valence-electron chi connectivity index (χ3n) is 5.29. The van der Waals surface area contributed by atoms with E-state index in [9.17, 15) is 0 Å². The Morgan fingerprint density at radius 2 is 2.05 bits per heavy atom. The highest BCUT2D eigenvalue weighted by molar-refractivity contribution is 5.23. The molecule has 2 nitrogen and oxygen atoms in total. The maximum atomic E-state index is 5.85. The van der Waals surface area contributed by atoms with Crippen LogP contribution in [0.25, 0.3) is 0 Å². The van der Waals surface area contributed by atoms with E-state index in [1.807, 2.05) is 0 Å². The second kappa shape index (κ2) is 4.60. The predicted molar refractivity (Wildman–Crippen MR) is 76.7 cm³/mol. The first-order valence-corrected chi connectivity index (χ1v) is 7.36. The van der Waals surface area contributed by atoms with Gasteiger partial charge in [0.05, 0.1) is 13.2 Å². The van der Waals surface area contributed by atoms with Crippen LogP contribution in [0.2, 0.25) is 0 Å². The highest BCUT2D eigenvalue weighted by atomic mass is 16.7. The van der Waals surface area contributed by atoms with Gasteiger partial charge in [-0.2, -0.15) is 0 Å². The van der Waals surface area contributed by atoms with Crippen molar-refractivity contribution in [2.24, 2.45) is 17.3 Å². The van der Waals surface area contributed by atoms with E-state index in [0.717, 1.165) is 6.42 Å². The summed E-state index contributed by atoms with van der Waals surface area (Å²) < 4.78 is 11.7. The summed E-state index contributed by atoms with van der Waals surface area (Å²) in [6.45, 7) is 11.8. The summed E-state index contributed by atoms with van der Waals surface area (Å²) in [5.74, 6) is 0.750. The molecular weight excluding hydrogens is 236 g/mol. The molecular formula is C17H24O2. The van der Waals surface area contributed by atoms with Gasteiger partial charge < -0.3 is 9.47 Å².